The molecule has 0 spiro atoms. The maximum atomic E-state index is 13.7. The van der Waals surface area contributed by atoms with E-state index in [2.05, 4.69) is 10.6 Å². The Labute approximate surface area is 238 Å². The summed E-state index contributed by atoms with van der Waals surface area (Å²) in [5.74, 6) is -0.492. The van der Waals surface area contributed by atoms with Gasteiger partial charge in [0.2, 0.25) is 0 Å². The molecule has 10 heteroatoms. The van der Waals surface area contributed by atoms with Gasteiger partial charge in [-0.25, -0.2) is 4.79 Å². The molecule has 0 fully saturated rings. The first-order chi connectivity index (χ1) is 19.2. The largest absolute Gasteiger partial charge is 0.490 e. The van der Waals surface area contributed by atoms with Gasteiger partial charge in [0.15, 0.2) is 6.10 Å². The van der Waals surface area contributed by atoms with E-state index in [9.17, 15) is 23.1 Å². The minimum atomic E-state index is -4.51. The van der Waals surface area contributed by atoms with Crippen LogP contribution in [0.5, 0.6) is 5.75 Å². The van der Waals surface area contributed by atoms with Crippen molar-refractivity contribution in [2.45, 2.75) is 52.5 Å². The van der Waals surface area contributed by atoms with E-state index in [1.165, 1.54) is 6.07 Å². The summed E-state index contributed by atoms with van der Waals surface area (Å²) in [7, 11) is 2.67. The second-order valence-electron chi connectivity index (χ2n) is 10.6. The number of carboxylic acids is 1. The van der Waals surface area contributed by atoms with Crippen LogP contribution in [0.2, 0.25) is 0 Å². The summed E-state index contributed by atoms with van der Waals surface area (Å²) in [6.07, 6.45) is -5.85. The van der Waals surface area contributed by atoms with Gasteiger partial charge in [-0.15, -0.1) is 0 Å². The lowest BCUT2D eigenvalue weighted by Gasteiger charge is -2.31. The predicted octanol–water partition coefficient (Wildman–Crippen LogP) is 7.05. The van der Waals surface area contributed by atoms with Crippen molar-refractivity contribution in [2.75, 3.05) is 37.9 Å². The molecule has 0 radical (unpaired) electrons. The molecule has 1 unspecified atom stereocenters. The zero-order valence-electron chi connectivity index (χ0n) is 24.3. The maximum absolute atomic E-state index is 13.7. The molecule has 1 aliphatic heterocycles. The van der Waals surface area contributed by atoms with Gasteiger partial charge in [-0.05, 0) is 86.7 Å². The van der Waals surface area contributed by atoms with Crippen LogP contribution in [0.3, 0.4) is 0 Å². The van der Waals surface area contributed by atoms with Crippen LogP contribution in [-0.4, -0.2) is 49.1 Å². The van der Waals surface area contributed by atoms with E-state index in [0.717, 1.165) is 24.9 Å². The lowest BCUT2D eigenvalue weighted by atomic mass is 9.82. The number of fused-ring (bicyclic) bond motifs is 1. The number of nitrogens with one attached hydrogen (secondary N) is 2. The average molecular weight is 575 g/mol. The highest BCUT2D eigenvalue weighted by atomic mass is 19.4. The normalized spacial score (nSPS) is 13.6. The van der Waals surface area contributed by atoms with Crippen LogP contribution in [0.1, 0.15) is 49.1 Å². The van der Waals surface area contributed by atoms with Crippen molar-refractivity contribution in [1.82, 2.24) is 0 Å². The molecule has 3 aromatic rings. The number of halogens is 3. The van der Waals surface area contributed by atoms with Gasteiger partial charge in [0.05, 0.1) is 16.9 Å². The monoisotopic (exact) mass is 574 g/mol. The molecule has 1 atom stereocenters. The minimum absolute atomic E-state index is 0.366. The Hall–Kier alpha value is -3.76. The standard InChI is InChI=1S/C30H33F3N2O4.CH4O/c1-16-23(19-10-11-22-21(15-19)35-12-13-38-22)25(27(28(36)37)39-29(3,4)5)17(2)26(34-6)24(16)18-8-7-9-20(14-18)30(31,32)33;1-2/h7-11,14-15,27,34-35H,12-13H2,1-6H3,(H,36,37);2H,1H3. The lowest BCUT2D eigenvalue weighted by Crippen LogP contribution is -2.28. The summed E-state index contributed by atoms with van der Waals surface area (Å²) in [6.45, 7) is 10.0. The summed E-state index contributed by atoms with van der Waals surface area (Å²) in [5.41, 5.74) is 3.58. The molecule has 4 N–H and O–H groups in total. The number of alkyl halides is 3. The van der Waals surface area contributed by atoms with Crippen molar-refractivity contribution in [3.05, 3.63) is 64.7 Å². The Bertz CT molecular complexity index is 1410. The molecule has 4 rings (SSSR count). The summed E-state index contributed by atoms with van der Waals surface area (Å²) in [6, 6.07) is 10.7. The van der Waals surface area contributed by atoms with Gasteiger partial charge in [0, 0.05) is 37.5 Å². The topological polar surface area (TPSA) is 100 Å². The number of aliphatic hydroxyl groups is 1. The third-order valence-corrected chi connectivity index (χ3v) is 6.68. The predicted molar refractivity (Wildman–Crippen MR) is 155 cm³/mol. The fraction of sp³-hybridized carbons (Fsp3) is 0.387. The molecule has 7 nitrogen and oxygen atoms in total. The quantitative estimate of drug-likeness (QED) is 0.250. The molecule has 1 aliphatic rings. The van der Waals surface area contributed by atoms with Gasteiger partial charge < -0.3 is 30.3 Å². The molecular formula is C31H37F3N2O5. The van der Waals surface area contributed by atoms with Gasteiger partial charge in [-0.3, -0.25) is 0 Å². The number of hydrogen-bond donors (Lipinski definition) is 4. The molecule has 0 aromatic heterocycles. The fourth-order valence-corrected chi connectivity index (χ4v) is 5.13. The number of rotatable bonds is 6. The molecule has 0 bridgehead atoms. The Morgan fingerprint density at radius 2 is 1.68 bits per heavy atom. The summed E-state index contributed by atoms with van der Waals surface area (Å²) < 4.78 is 52.8. The van der Waals surface area contributed by atoms with E-state index in [-0.39, 0.29) is 0 Å². The van der Waals surface area contributed by atoms with Crippen molar-refractivity contribution in [2.24, 2.45) is 0 Å². The number of carboxylic acid groups (broad SMARTS) is 1. The number of hydrogen-bond acceptors (Lipinski definition) is 6. The van der Waals surface area contributed by atoms with Crippen LogP contribution in [-0.2, 0) is 15.7 Å². The Morgan fingerprint density at radius 1 is 1.02 bits per heavy atom. The number of aliphatic hydroxyl groups excluding tert-OH is 1. The summed E-state index contributed by atoms with van der Waals surface area (Å²) in [5, 5.41) is 23.8. The van der Waals surface area contributed by atoms with Crippen LogP contribution in [0.15, 0.2) is 42.5 Å². The van der Waals surface area contributed by atoms with Crippen LogP contribution in [0.4, 0.5) is 24.5 Å². The third-order valence-electron chi connectivity index (χ3n) is 6.68. The highest BCUT2D eigenvalue weighted by Crippen LogP contribution is 2.48. The first-order valence-corrected chi connectivity index (χ1v) is 13.1. The van der Waals surface area contributed by atoms with Gasteiger partial charge in [0.25, 0.3) is 0 Å². The molecule has 0 amide bonds. The van der Waals surface area contributed by atoms with Crippen LogP contribution in [0, 0.1) is 13.8 Å². The highest BCUT2D eigenvalue weighted by Gasteiger charge is 2.35. The zero-order valence-corrected chi connectivity index (χ0v) is 24.3. The Morgan fingerprint density at radius 3 is 2.27 bits per heavy atom. The highest BCUT2D eigenvalue weighted by molar-refractivity contribution is 5.94. The van der Waals surface area contributed by atoms with Gasteiger partial charge in [0.1, 0.15) is 12.4 Å². The van der Waals surface area contributed by atoms with Crippen molar-refractivity contribution >= 4 is 17.3 Å². The van der Waals surface area contributed by atoms with Crippen molar-refractivity contribution in [3.8, 4) is 28.0 Å². The van der Waals surface area contributed by atoms with Gasteiger partial charge in [-0.1, -0.05) is 18.2 Å². The SMILES string of the molecule is CNc1c(C)c(C(OC(C)(C)C)C(=O)O)c(-c2ccc3c(c2)NCCO3)c(C)c1-c1cccc(C(F)(F)F)c1.CO. The molecule has 222 valence electrons. The van der Waals surface area contributed by atoms with E-state index < -0.39 is 29.4 Å². The second kappa shape index (κ2) is 12.4. The van der Waals surface area contributed by atoms with E-state index in [1.807, 2.05) is 18.2 Å². The lowest BCUT2D eigenvalue weighted by molar-refractivity contribution is -0.160. The number of carbonyl (C=O) groups is 1. The van der Waals surface area contributed by atoms with Crippen molar-refractivity contribution in [3.63, 3.8) is 0 Å². The molecule has 0 aliphatic carbocycles. The van der Waals surface area contributed by atoms with E-state index in [1.54, 1.807) is 47.7 Å². The van der Waals surface area contributed by atoms with Crippen LogP contribution < -0.4 is 15.4 Å². The Kier molecular flexibility index (Phi) is 9.61. The summed E-state index contributed by atoms with van der Waals surface area (Å²) in [4.78, 5) is 12.7. The molecular weight excluding hydrogens is 537 g/mol. The number of anilines is 2. The molecule has 0 saturated carbocycles. The number of aliphatic carboxylic acids is 1. The third kappa shape index (κ3) is 6.77. The summed E-state index contributed by atoms with van der Waals surface area (Å²) >= 11 is 0. The van der Waals surface area contributed by atoms with Crippen molar-refractivity contribution in [1.29, 1.82) is 0 Å². The first kappa shape index (κ1) is 31.8. The molecule has 3 aromatic carbocycles. The van der Waals surface area contributed by atoms with Crippen LogP contribution in [0.25, 0.3) is 22.3 Å². The van der Waals surface area contributed by atoms with Crippen LogP contribution >= 0.6 is 0 Å². The zero-order chi connectivity index (χ0) is 30.7. The minimum Gasteiger partial charge on any atom is -0.490 e. The first-order valence-electron chi connectivity index (χ1n) is 13.1. The van der Waals surface area contributed by atoms with E-state index >= 15 is 0 Å². The van der Waals surface area contributed by atoms with E-state index in [0.29, 0.717) is 63.5 Å². The molecule has 1 heterocycles. The molecule has 41 heavy (non-hydrogen) atoms. The van der Waals surface area contributed by atoms with E-state index in [4.69, 9.17) is 14.6 Å². The van der Waals surface area contributed by atoms with Crippen molar-refractivity contribution < 1.29 is 37.7 Å². The maximum Gasteiger partial charge on any atom is 0.416 e. The smallest absolute Gasteiger partial charge is 0.416 e. The van der Waals surface area contributed by atoms with Gasteiger partial charge >= 0.3 is 12.1 Å². The molecule has 0 saturated heterocycles. The second-order valence-corrected chi connectivity index (χ2v) is 10.6. The van der Waals surface area contributed by atoms with Gasteiger partial charge in [-0.2, -0.15) is 13.2 Å². The Balaban J connectivity index is 0.00000226. The number of benzene rings is 3. The average Bonchev–Trinajstić information content (AvgIpc) is 2.92. The number of ether oxygens (including phenoxy) is 2. The fourth-order valence-electron chi connectivity index (χ4n) is 5.13.